The number of ether oxygens (including phenoxy) is 2. The van der Waals surface area contributed by atoms with Crippen LogP contribution in [0.5, 0.6) is 0 Å². The van der Waals surface area contributed by atoms with Crippen molar-refractivity contribution >= 4 is 22.9 Å². The van der Waals surface area contributed by atoms with Crippen molar-refractivity contribution in [2.75, 3.05) is 14.2 Å². The topological polar surface area (TPSA) is 82.8 Å². The predicted molar refractivity (Wildman–Crippen MR) is 69.9 cm³/mol. The van der Waals surface area contributed by atoms with Gasteiger partial charge in [0.15, 0.2) is 5.43 Å². The summed E-state index contributed by atoms with van der Waals surface area (Å²) in [5, 5.41) is 0.207. The lowest BCUT2D eigenvalue weighted by molar-refractivity contribution is 0.0562. The fraction of sp³-hybridized carbons (Fsp3) is 0.214. The molecule has 0 aliphatic heterocycles. The van der Waals surface area contributed by atoms with Crippen LogP contribution in [0.15, 0.2) is 27.4 Å². The van der Waals surface area contributed by atoms with E-state index in [-0.39, 0.29) is 27.9 Å². The van der Waals surface area contributed by atoms with Crippen LogP contribution < -0.4 is 5.43 Å². The minimum Gasteiger partial charge on any atom is -0.465 e. The Kier molecular flexibility index (Phi) is 3.56. The van der Waals surface area contributed by atoms with Crippen molar-refractivity contribution in [1.82, 2.24) is 0 Å². The number of hydrogen-bond acceptors (Lipinski definition) is 6. The summed E-state index contributed by atoms with van der Waals surface area (Å²) in [4.78, 5) is 35.2. The molecule has 2 rings (SSSR count). The highest BCUT2D eigenvalue weighted by Gasteiger charge is 2.19. The summed E-state index contributed by atoms with van der Waals surface area (Å²) in [6.07, 6.45) is 0. The maximum absolute atomic E-state index is 12.2. The van der Waals surface area contributed by atoms with Gasteiger partial charge in [-0.3, -0.25) is 4.79 Å². The summed E-state index contributed by atoms with van der Waals surface area (Å²) in [5.74, 6) is -1.42. The lowest BCUT2D eigenvalue weighted by Crippen LogP contribution is -2.14. The van der Waals surface area contributed by atoms with Gasteiger partial charge in [0.1, 0.15) is 5.58 Å². The molecule has 0 saturated carbocycles. The van der Waals surface area contributed by atoms with Gasteiger partial charge < -0.3 is 13.9 Å². The van der Waals surface area contributed by atoms with Crippen LogP contribution in [0, 0.1) is 6.92 Å². The maximum Gasteiger partial charge on any atom is 0.374 e. The van der Waals surface area contributed by atoms with Crippen molar-refractivity contribution in [3.8, 4) is 0 Å². The van der Waals surface area contributed by atoms with Crippen molar-refractivity contribution in [1.29, 1.82) is 0 Å². The molecule has 0 amide bonds. The van der Waals surface area contributed by atoms with Crippen LogP contribution in [0.2, 0.25) is 0 Å². The minimum atomic E-state index is -0.724. The van der Waals surface area contributed by atoms with Crippen LogP contribution in [0.4, 0.5) is 0 Å². The molecule has 20 heavy (non-hydrogen) atoms. The third kappa shape index (κ3) is 2.16. The van der Waals surface area contributed by atoms with E-state index in [1.165, 1.54) is 39.3 Å². The van der Waals surface area contributed by atoms with E-state index in [4.69, 9.17) is 4.42 Å². The monoisotopic (exact) mass is 276 g/mol. The van der Waals surface area contributed by atoms with Gasteiger partial charge in [-0.15, -0.1) is 0 Å². The maximum atomic E-state index is 12.2. The van der Waals surface area contributed by atoms with Gasteiger partial charge in [0.2, 0.25) is 5.76 Å². The number of carbonyl (C=O) groups is 2. The van der Waals surface area contributed by atoms with E-state index in [2.05, 4.69) is 9.47 Å². The third-order valence-corrected chi connectivity index (χ3v) is 2.91. The Labute approximate surface area is 113 Å². The SMILES string of the molecule is COC(=O)c1ccc2oc(C(=O)OC)c(C)c(=O)c2c1. The van der Waals surface area contributed by atoms with E-state index < -0.39 is 17.4 Å². The van der Waals surface area contributed by atoms with E-state index in [9.17, 15) is 14.4 Å². The zero-order chi connectivity index (χ0) is 14.9. The zero-order valence-corrected chi connectivity index (χ0v) is 11.2. The highest BCUT2D eigenvalue weighted by molar-refractivity contribution is 5.95. The van der Waals surface area contributed by atoms with Crippen molar-refractivity contribution < 1.29 is 23.5 Å². The third-order valence-electron chi connectivity index (χ3n) is 2.91. The Bertz CT molecular complexity index is 756. The Morgan fingerprint density at radius 1 is 1.10 bits per heavy atom. The summed E-state index contributed by atoms with van der Waals surface area (Å²) in [6, 6.07) is 4.27. The van der Waals surface area contributed by atoms with Crippen LogP contribution in [0.1, 0.15) is 26.5 Å². The first kappa shape index (κ1) is 13.8. The number of carbonyl (C=O) groups excluding carboxylic acids is 2. The summed E-state index contributed by atoms with van der Waals surface area (Å²) >= 11 is 0. The van der Waals surface area contributed by atoms with Crippen molar-refractivity contribution in [2.45, 2.75) is 6.92 Å². The van der Waals surface area contributed by atoms with Crippen LogP contribution in [-0.2, 0) is 9.47 Å². The van der Waals surface area contributed by atoms with Crippen LogP contribution in [0.3, 0.4) is 0 Å². The lowest BCUT2D eigenvalue weighted by Gasteiger charge is -2.06. The standard InChI is InChI=1S/C14H12O6/c1-7-11(15)9-6-8(13(16)18-2)4-5-10(9)20-12(7)14(17)19-3/h4-6H,1-3H3. The molecule has 0 atom stereocenters. The Morgan fingerprint density at radius 3 is 2.35 bits per heavy atom. The molecule has 6 nitrogen and oxygen atoms in total. The molecule has 1 aromatic carbocycles. The summed E-state index contributed by atoms with van der Waals surface area (Å²) in [6.45, 7) is 1.46. The molecule has 0 unspecified atom stereocenters. The molecule has 0 aliphatic carbocycles. The van der Waals surface area contributed by atoms with Crippen molar-refractivity contribution in [3.63, 3.8) is 0 Å². The van der Waals surface area contributed by atoms with Gasteiger partial charge in [-0.05, 0) is 25.1 Å². The number of rotatable bonds is 2. The van der Waals surface area contributed by atoms with E-state index in [0.717, 1.165) is 0 Å². The molecule has 1 heterocycles. The summed E-state index contributed by atoms with van der Waals surface area (Å²) < 4.78 is 14.5. The molecule has 0 spiro atoms. The molecular formula is C14H12O6. The molecule has 0 fully saturated rings. The Balaban J connectivity index is 2.74. The number of hydrogen-bond donors (Lipinski definition) is 0. The first-order valence-electron chi connectivity index (χ1n) is 5.73. The van der Waals surface area contributed by atoms with E-state index in [0.29, 0.717) is 0 Å². The molecule has 0 radical (unpaired) electrons. The molecule has 0 aliphatic rings. The minimum absolute atomic E-state index is 0.131. The summed E-state index contributed by atoms with van der Waals surface area (Å²) in [7, 11) is 2.45. The molecule has 0 bridgehead atoms. The Hall–Kier alpha value is -2.63. The second kappa shape index (κ2) is 5.16. The molecule has 2 aromatic rings. The molecule has 6 heteroatoms. The molecule has 0 N–H and O–H groups in total. The van der Waals surface area contributed by atoms with Gasteiger partial charge in [0.25, 0.3) is 0 Å². The van der Waals surface area contributed by atoms with Gasteiger partial charge in [-0.2, -0.15) is 0 Å². The number of esters is 2. The largest absolute Gasteiger partial charge is 0.465 e. The van der Waals surface area contributed by atoms with Crippen LogP contribution >= 0.6 is 0 Å². The summed E-state index contributed by atoms with van der Waals surface area (Å²) in [5.41, 5.74) is 0.176. The van der Waals surface area contributed by atoms with Gasteiger partial charge in [-0.1, -0.05) is 0 Å². The van der Waals surface area contributed by atoms with Crippen LogP contribution in [-0.4, -0.2) is 26.2 Å². The smallest absolute Gasteiger partial charge is 0.374 e. The van der Waals surface area contributed by atoms with Gasteiger partial charge in [-0.25, -0.2) is 9.59 Å². The normalized spacial score (nSPS) is 10.3. The van der Waals surface area contributed by atoms with Crippen LogP contribution in [0.25, 0.3) is 11.0 Å². The van der Waals surface area contributed by atoms with E-state index >= 15 is 0 Å². The number of benzene rings is 1. The van der Waals surface area contributed by atoms with Gasteiger partial charge in [0, 0.05) is 5.56 Å². The first-order chi connectivity index (χ1) is 9.49. The first-order valence-corrected chi connectivity index (χ1v) is 5.73. The fourth-order valence-electron chi connectivity index (χ4n) is 1.82. The predicted octanol–water partition coefficient (Wildman–Crippen LogP) is 1.67. The highest BCUT2D eigenvalue weighted by Crippen LogP contribution is 2.18. The van der Waals surface area contributed by atoms with Crippen molar-refractivity contribution in [3.05, 3.63) is 45.3 Å². The van der Waals surface area contributed by atoms with Gasteiger partial charge in [0.05, 0.1) is 25.2 Å². The second-order valence-electron chi connectivity index (χ2n) is 4.08. The zero-order valence-electron chi connectivity index (χ0n) is 11.2. The quantitative estimate of drug-likeness (QED) is 0.776. The molecule has 1 aromatic heterocycles. The fourth-order valence-corrected chi connectivity index (χ4v) is 1.82. The number of methoxy groups -OCH3 is 2. The molecule has 0 saturated heterocycles. The molecular weight excluding hydrogens is 264 g/mol. The lowest BCUT2D eigenvalue weighted by atomic mass is 10.1. The Morgan fingerprint density at radius 2 is 1.75 bits per heavy atom. The average Bonchev–Trinajstić information content (AvgIpc) is 2.48. The average molecular weight is 276 g/mol. The van der Waals surface area contributed by atoms with Gasteiger partial charge >= 0.3 is 11.9 Å². The van der Waals surface area contributed by atoms with E-state index in [1.54, 1.807) is 0 Å². The highest BCUT2D eigenvalue weighted by atomic mass is 16.5. The second-order valence-corrected chi connectivity index (χ2v) is 4.08. The van der Waals surface area contributed by atoms with E-state index in [1.807, 2.05) is 0 Å². The number of fused-ring (bicyclic) bond motifs is 1. The van der Waals surface area contributed by atoms with Crippen molar-refractivity contribution in [2.24, 2.45) is 0 Å². The molecule has 104 valence electrons.